The molecule has 0 aliphatic heterocycles. The van der Waals surface area contributed by atoms with Gasteiger partial charge in [-0.1, -0.05) is 18.2 Å². The number of fused-ring (bicyclic) bond motifs is 3. The fourth-order valence-electron chi connectivity index (χ4n) is 2.39. The molecule has 0 atom stereocenters. The first-order valence-electron chi connectivity index (χ1n) is 6.31. The second kappa shape index (κ2) is 4.29. The predicted octanol–water partition coefficient (Wildman–Crippen LogP) is 2.96. The van der Waals surface area contributed by atoms with E-state index >= 15 is 0 Å². The molecule has 3 aromatic rings. The monoisotopic (exact) mass is 240 g/mol. The van der Waals surface area contributed by atoms with Crippen LogP contribution in [-0.2, 0) is 0 Å². The molecular formula is C14H16N4. The highest BCUT2D eigenvalue weighted by Gasteiger charge is 2.13. The summed E-state index contributed by atoms with van der Waals surface area (Å²) in [6.07, 6.45) is 1.65. The van der Waals surface area contributed by atoms with Crippen LogP contribution in [0, 0.1) is 0 Å². The van der Waals surface area contributed by atoms with Crippen molar-refractivity contribution in [1.82, 2.24) is 15.0 Å². The molecular weight excluding hydrogens is 224 g/mol. The average molecular weight is 240 g/mol. The molecule has 0 aliphatic rings. The van der Waals surface area contributed by atoms with E-state index in [0.29, 0.717) is 0 Å². The lowest BCUT2D eigenvalue weighted by Crippen LogP contribution is -2.23. The number of H-pyrrole nitrogens is 1. The molecule has 92 valence electrons. The second-order valence-electron chi connectivity index (χ2n) is 4.26. The minimum Gasteiger partial charge on any atom is -0.355 e. The zero-order valence-electron chi connectivity index (χ0n) is 10.6. The highest BCUT2D eigenvalue weighted by atomic mass is 15.2. The average Bonchev–Trinajstić information content (AvgIpc) is 2.80. The van der Waals surface area contributed by atoms with Gasteiger partial charge in [0.2, 0.25) is 0 Å². The van der Waals surface area contributed by atoms with E-state index in [1.165, 1.54) is 0 Å². The minimum atomic E-state index is 0.942. The zero-order chi connectivity index (χ0) is 12.5. The molecule has 4 heteroatoms. The van der Waals surface area contributed by atoms with Crippen molar-refractivity contribution in [3.05, 3.63) is 30.6 Å². The van der Waals surface area contributed by atoms with E-state index < -0.39 is 0 Å². The van der Waals surface area contributed by atoms with Crippen molar-refractivity contribution >= 4 is 27.8 Å². The van der Waals surface area contributed by atoms with E-state index in [2.05, 4.69) is 45.8 Å². The standard InChI is InChI=1S/C14H16N4/c1-3-18(4-2)14-13-12(15-9-16-14)10-7-5-6-8-11(10)17-13/h5-9,17H,3-4H2,1-2H3. The van der Waals surface area contributed by atoms with Crippen molar-refractivity contribution in [2.24, 2.45) is 0 Å². The number of hydrogen-bond donors (Lipinski definition) is 1. The number of nitrogens with zero attached hydrogens (tertiary/aromatic N) is 3. The van der Waals surface area contributed by atoms with Gasteiger partial charge in [0.15, 0.2) is 5.82 Å². The van der Waals surface area contributed by atoms with Gasteiger partial charge in [-0.2, -0.15) is 0 Å². The van der Waals surface area contributed by atoms with Crippen LogP contribution in [0.15, 0.2) is 30.6 Å². The summed E-state index contributed by atoms with van der Waals surface area (Å²) in [5, 5.41) is 1.16. The summed E-state index contributed by atoms with van der Waals surface area (Å²) in [6, 6.07) is 8.23. The van der Waals surface area contributed by atoms with E-state index in [-0.39, 0.29) is 0 Å². The summed E-state index contributed by atoms with van der Waals surface area (Å²) in [4.78, 5) is 14.5. The Hall–Kier alpha value is -2.10. The Labute approximate surface area is 106 Å². The van der Waals surface area contributed by atoms with Gasteiger partial charge in [-0.3, -0.25) is 0 Å². The SMILES string of the molecule is CCN(CC)c1ncnc2c1[nH]c1ccccc12. The van der Waals surface area contributed by atoms with Gasteiger partial charge in [-0.25, -0.2) is 9.97 Å². The minimum absolute atomic E-state index is 0.942. The second-order valence-corrected chi connectivity index (χ2v) is 4.26. The Morgan fingerprint density at radius 1 is 1.11 bits per heavy atom. The molecule has 0 amide bonds. The van der Waals surface area contributed by atoms with Gasteiger partial charge >= 0.3 is 0 Å². The van der Waals surface area contributed by atoms with Gasteiger partial charge < -0.3 is 9.88 Å². The van der Waals surface area contributed by atoms with E-state index in [0.717, 1.165) is 40.8 Å². The third-order valence-electron chi connectivity index (χ3n) is 3.33. The highest BCUT2D eigenvalue weighted by Crippen LogP contribution is 2.28. The summed E-state index contributed by atoms with van der Waals surface area (Å²) in [5.41, 5.74) is 3.14. The smallest absolute Gasteiger partial charge is 0.156 e. The van der Waals surface area contributed by atoms with Crippen molar-refractivity contribution in [3.8, 4) is 0 Å². The van der Waals surface area contributed by atoms with Crippen molar-refractivity contribution in [1.29, 1.82) is 0 Å². The van der Waals surface area contributed by atoms with Gasteiger partial charge in [0.1, 0.15) is 17.4 Å². The van der Waals surface area contributed by atoms with Crippen LogP contribution in [0.4, 0.5) is 5.82 Å². The number of rotatable bonds is 3. The van der Waals surface area contributed by atoms with Gasteiger partial charge in [0, 0.05) is 24.0 Å². The van der Waals surface area contributed by atoms with Crippen LogP contribution in [0.1, 0.15) is 13.8 Å². The Bertz CT molecular complexity index is 682. The largest absolute Gasteiger partial charge is 0.355 e. The maximum absolute atomic E-state index is 4.43. The lowest BCUT2D eigenvalue weighted by Gasteiger charge is -2.19. The molecule has 0 saturated heterocycles. The molecule has 1 aromatic carbocycles. The molecule has 0 aliphatic carbocycles. The molecule has 0 radical (unpaired) electrons. The fourth-order valence-corrected chi connectivity index (χ4v) is 2.39. The molecule has 0 unspecified atom stereocenters. The maximum Gasteiger partial charge on any atom is 0.156 e. The molecule has 0 saturated carbocycles. The summed E-state index contributed by atoms with van der Waals surface area (Å²) in [5.74, 6) is 0.987. The Balaban J connectivity index is 2.34. The molecule has 18 heavy (non-hydrogen) atoms. The summed E-state index contributed by atoms with van der Waals surface area (Å²) >= 11 is 0. The number of para-hydroxylation sites is 1. The maximum atomic E-state index is 4.43. The topological polar surface area (TPSA) is 44.8 Å². The Kier molecular flexibility index (Phi) is 2.63. The van der Waals surface area contributed by atoms with Crippen molar-refractivity contribution < 1.29 is 0 Å². The molecule has 0 spiro atoms. The molecule has 3 rings (SSSR count). The lowest BCUT2D eigenvalue weighted by atomic mass is 10.2. The highest BCUT2D eigenvalue weighted by molar-refractivity contribution is 6.08. The third kappa shape index (κ3) is 1.53. The number of anilines is 1. The summed E-state index contributed by atoms with van der Waals surface area (Å²) < 4.78 is 0. The van der Waals surface area contributed by atoms with Gasteiger partial charge in [-0.05, 0) is 19.9 Å². The lowest BCUT2D eigenvalue weighted by molar-refractivity contribution is 0.847. The van der Waals surface area contributed by atoms with E-state index in [1.807, 2.05) is 12.1 Å². The normalized spacial score (nSPS) is 11.2. The van der Waals surface area contributed by atoms with E-state index in [4.69, 9.17) is 0 Å². The van der Waals surface area contributed by atoms with Crippen LogP contribution in [0.25, 0.3) is 21.9 Å². The van der Waals surface area contributed by atoms with Crippen molar-refractivity contribution in [2.45, 2.75) is 13.8 Å². The molecule has 0 bridgehead atoms. The van der Waals surface area contributed by atoms with Crippen LogP contribution < -0.4 is 4.90 Å². The predicted molar refractivity (Wildman–Crippen MR) is 75.0 cm³/mol. The van der Waals surface area contributed by atoms with Crippen LogP contribution in [-0.4, -0.2) is 28.0 Å². The van der Waals surface area contributed by atoms with E-state index in [1.54, 1.807) is 6.33 Å². The first kappa shape index (κ1) is 11.0. The molecule has 1 N–H and O–H groups in total. The van der Waals surface area contributed by atoms with Crippen molar-refractivity contribution in [3.63, 3.8) is 0 Å². The number of aromatic amines is 1. The molecule has 0 fully saturated rings. The van der Waals surface area contributed by atoms with Crippen LogP contribution >= 0.6 is 0 Å². The zero-order valence-corrected chi connectivity index (χ0v) is 10.6. The van der Waals surface area contributed by atoms with Gasteiger partial charge in [-0.15, -0.1) is 0 Å². The van der Waals surface area contributed by atoms with E-state index in [9.17, 15) is 0 Å². The summed E-state index contributed by atoms with van der Waals surface area (Å²) in [6.45, 7) is 6.16. The van der Waals surface area contributed by atoms with Crippen LogP contribution in [0.3, 0.4) is 0 Å². The summed E-state index contributed by atoms with van der Waals surface area (Å²) in [7, 11) is 0. The molecule has 2 heterocycles. The number of benzene rings is 1. The Morgan fingerprint density at radius 2 is 1.89 bits per heavy atom. The molecule has 2 aromatic heterocycles. The first-order chi connectivity index (χ1) is 8.85. The van der Waals surface area contributed by atoms with Crippen LogP contribution in [0.2, 0.25) is 0 Å². The van der Waals surface area contributed by atoms with Gasteiger partial charge in [0.05, 0.1) is 0 Å². The fraction of sp³-hybridized carbons (Fsp3) is 0.286. The number of hydrogen-bond acceptors (Lipinski definition) is 3. The van der Waals surface area contributed by atoms with Crippen molar-refractivity contribution in [2.75, 3.05) is 18.0 Å². The Morgan fingerprint density at radius 3 is 2.67 bits per heavy atom. The number of aromatic nitrogens is 3. The number of nitrogens with one attached hydrogen (secondary N) is 1. The quantitative estimate of drug-likeness (QED) is 0.765. The first-order valence-corrected chi connectivity index (χ1v) is 6.31. The third-order valence-corrected chi connectivity index (χ3v) is 3.33. The molecule has 4 nitrogen and oxygen atoms in total. The van der Waals surface area contributed by atoms with Crippen LogP contribution in [0.5, 0.6) is 0 Å². The van der Waals surface area contributed by atoms with Gasteiger partial charge in [0.25, 0.3) is 0 Å².